The molecule has 2 aromatic carbocycles. The summed E-state index contributed by atoms with van der Waals surface area (Å²) >= 11 is 1.15. The van der Waals surface area contributed by atoms with E-state index in [0.717, 1.165) is 34.6 Å². The highest BCUT2D eigenvalue weighted by molar-refractivity contribution is 7.94. The third-order valence-corrected chi connectivity index (χ3v) is 6.92. The summed E-state index contributed by atoms with van der Waals surface area (Å²) in [5.41, 5.74) is 3.77. The van der Waals surface area contributed by atoms with Gasteiger partial charge in [0.05, 0.1) is 0 Å². The van der Waals surface area contributed by atoms with Gasteiger partial charge in [0, 0.05) is 16.9 Å². The highest BCUT2D eigenvalue weighted by Crippen LogP contribution is 2.23. The molecule has 3 aromatic rings. The molecule has 0 aliphatic carbocycles. The Kier molecular flexibility index (Phi) is 5.62. The summed E-state index contributed by atoms with van der Waals surface area (Å²) in [6.07, 6.45) is 0.820. The largest absolute Gasteiger partial charge is 0.321 e. The van der Waals surface area contributed by atoms with E-state index in [4.69, 9.17) is 0 Å². The number of nitrogens with one attached hydrogen (secondary N) is 2. The summed E-state index contributed by atoms with van der Waals surface area (Å²) in [6.45, 7) is 4.00. The topological polar surface area (TPSA) is 75.3 Å². The van der Waals surface area contributed by atoms with Gasteiger partial charge in [-0.3, -0.25) is 9.52 Å². The van der Waals surface area contributed by atoms with Crippen LogP contribution in [0.15, 0.2) is 64.2 Å². The zero-order valence-corrected chi connectivity index (χ0v) is 16.7. The first-order valence-corrected chi connectivity index (χ1v) is 10.8. The van der Waals surface area contributed by atoms with Crippen molar-refractivity contribution in [1.29, 1.82) is 0 Å². The number of sulfonamides is 1. The van der Waals surface area contributed by atoms with Crippen LogP contribution in [0.2, 0.25) is 0 Å². The Morgan fingerprint density at radius 1 is 1.04 bits per heavy atom. The van der Waals surface area contributed by atoms with E-state index in [2.05, 4.69) is 10.0 Å². The lowest BCUT2D eigenvalue weighted by Gasteiger charge is -2.13. The number of amides is 1. The maximum absolute atomic E-state index is 12.6. The molecule has 0 spiro atoms. The molecule has 0 unspecified atom stereocenters. The maximum atomic E-state index is 12.6. The number of hydrogen-bond acceptors (Lipinski definition) is 4. The molecule has 1 amide bonds. The molecule has 2 N–H and O–H groups in total. The van der Waals surface area contributed by atoms with Crippen molar-refractivity contribution in [1.82, 2.24) is 0 Å². The third kappa shape index (κ3) is 4.37. The van der Waals surface area contributed by atoms with Gasteiger partial charge in [0.1, 0.15) is 4.21 Å². The van der Waals surface area contributed by atoms with E-state index in [9.17, 15) is 13.2 Å². The van der Waals surface area contributed by atoms with Crippen LogP contribution in [0, 0.1) is 6.92 Å². The summed E-state index contributed by atoms with van der Waals surface area (Å²) in [4.78, 5) is 12.6. The van der Waals surface area contributed by atoms with Gasteiger partial charge < -0.3 is 5.32 Å². The fraction of sp³-hybridized carbons (Fsp3) is 0.150. The van der Waals surface area contributed by atoms with Crippen molar-refractivity contribution in [2.45, 2.75) is 24.5 Å². The van der Waals surface area contributed by atoms with Gasteiger partial charge in [0.2, 0.25) is 0 Å². The Morgan fingerprint density at radius 3 is 2.41 bits per heavy atom. The Hall–Kier alpha value is -2.64. The third-order valence-electron chi connectivity index (χ3n) is 4.14. The first kappa shape index (κ1) is 19.1. The van der Waals surface area contributed by atoms with Crippen LogP contribution >= 0.6 is 11.3 Å². The molecule has 3 rings (SSSR count). The number of thiophene rings is 1. The fourth-order valence-electron chi connectivity index (χ4n) is 2.70. The molecule has 7 heteroatoms. The van der Waals surface area contributed by atoms with Crippen LogP contribution in [0.3, 0.4) is 0 Å². The van der Waals surface area contributed by atoms with Gasteiger partial charge in [-0.2, -0.15) is 0 Å². The molecule has 0 saturated carbocycles. The Labute approximate surface area is 163 Å². The molecule has 0 bridgehead atoms. The smallest absolute Gasteiger partial charge is 0.271 e. The van der Waals surface area contributed by atoms with E-state index in [0.29, 0.717) is 11.3 Å². The van der Waals surface area contributed by atoms with Crippen LogP contribution in [-0.2, 0) is 16.4 Å². The van der Waals surface area contributed by atoms with Gasteiger partial charge in [-0.05, 0) is 60.2 Å². The number of carbonyl (C=O) groups is 1. The number of rotatable bonds is 6. The van der Waals surface area contributed by atoms with Crippen LogP contribution < -0.4 is 10.0 Å². The van der Waals surface area contributed by atoms with Crippen molar-refractivity contribution in [2.75, 3.05) is 10.0 Å². The van der Waals surface area contributed by atoms with Crippen LogP contribution in [-0.4, -0.2) is 14.3 Å². The Morgan fingerprint density at radius 2 is 1.78 bits per heavy atom. The first-order valence-electron chi connectivity index (χ1n) is 8.47. The molecule has 0 saturated heterocycles. The predicted octanol–water partition coefficient (Wildman–Crippen LogP) is 4.67. The van der Waals surface area contributed by atoms with Crippen molar-refractivity contribution in [2.24, 2.45) is 0 Å². The van der Waals surface area contributed by atoms with Crippen molar-refractivity contribution in [3.05, 3.63) is 76.7 Å². The highest BCUT2D eigenvalue weighted by Gasteiger charge is 2.16. The molecule has 1 aromatic heterocycles. The minimum Gasteiger partial charge on any atom is -0.321 e. The molecular formula is C20H20N2O3S2. The van der Waals surface area contributed by atoms with Crippen LogP contribution in [0.4, 0.5) is 11.4 Å². The molecule has 0 atom stereocenters. The number of para-hydroxylation sites is 1. The average Bonchev–Trinajstić information content (AvgIpc) is 3.19. The lowest BCUT2D eigenvalue weighted by Crippen LogP contribution is -2.15. The fourth-order valence-corrected chi connectivity index (χ4v) is 4.75. The molecule has 0 aliphatic heterocycles. The second kappa shape index (κ2) is 7.94. The molecule has 140 valence electrons. The molecule has 1 heterocycles. The number of carbonyl (C=O) groups excluding carboxylic acids is 1. The number of hydrogen-bond donors (Lipinski definition) is 2. The highest BCUT2D eigenvalue weighted by atomic mass is 32.2. The lowest BCUT2D eigenvalue weighted by atomic mass is 10.1. The van der Waals surface area contributed by atoms with E-state index >= 15 is 0 Å². The molecule has 0 aliphatic rings. The van der Waals surface area contributed by atoms with Gasteiger partial charge in [-0.25, -0.2) is 8.42 Å². The normalized spacial score (nSPS) is 11.2. The van der Waals surface area contributed by atoms with Gasteiger partial charge in [0.25, 0.3) is 15.9 Å². The van der Waals surface area contributed by atoms with E-state index < -0.39 is 10.0 Å². The minimum atomic E-state index is -3.60. The number of benzene rings is 2. The molecule has 27 heavy (non-hydrogen) atoms. The number of aryl methyl sites for hydroxylation is 2. The molecule has 0 radical (unpaired) electrons. The standard InChI is InChI=1S/C20H20N2O3S2/c1-3-15-7-4-6-14(2)19(15)21-20(23)16-9-11-17(12-10-16)22-27(24,25)18-8-5-13-26-18/h4-13,22H,3H2,1-2H3,(H,21,23). The van der Waals surface area contributed by atoms with Gasteiger partial charge in [-0.15, -0.1) is 11.3 Å². The Bertz CT molecular complexity index is 1040. The number of anilines is 2. The van der Waals surface area contributed by atoms with Crippen molar-refractivity contribution < 1.29 is 13.2 Å². The van der Waals surface area contributed by atoms with Crippen LogP contribution in [0.25, 0.3) is 0 Å². The van der Waals surface area contributed by atoms with Crippen molar-refractivity contribution in [3.8, 4) is 0 Å². The first-order chi connectivity index (χ1) is 12.9. The molecular weight excluding hydrogens is 380 g/mol. The minimum absolute atomic E-state index is 0.230. The second-order valence-electron chi connectivity index (χ2n) is 6.03. The zero-order valence-electron chi connectivity index (χ0n) is 15.0. The summed E-state index contributed by atoms with van der Waals surface area (Å²) in [5.74, 6) is -0.230. The molecule has 0 fully saturated rings. The van der Waals surface area contributed by atoms with Gasteiger partial charge in [0.15, 0.2) is 0 Å². The lowest BCUT2D eigenvalue weighted by molar-refractivity contribution is 0.102. The summed E-state index contributed by atoms with van der Waals surface area (Å²) in [7, 11) is -3.60. The van der Waals surface area contributed by atoms with E-state index in [1.54, 1.807) is 41.8 Å². The summed E-state index contributed by atoms with van der Waals surface area (Å²) < 4.78 is 27.3. The second-order valence-corrected chi connectivity index (χ2v) is 8.89. The predicted molar refractivity (Wildman–Crippen MR) is 110 cm³/mol. The van der Waals surface area contributed by atoms with E-state index in [-0.39, 0.29) is 10.1 Å². The average molecular weight is 401 g/mol. The SMILES string of the molecule is CCc1cccc(C)c1NC(=O)c1ccc(NS(=O)(=O)c2cccs2)cc1. The van der Waals surface area contributed by atoms with E-state index in [1.807, 2.05) is 32.0 Å². The zero-order chi connectivity index (χ0) is 19.4. The monoisotopic (exact) mass is 400 g/mol. The Balaban J connectivity index is 1.75. The van der Waals surface area contributed by atoms with Gasteiger partial charge in [-0.1, -0.05) is 31.2 Å². The van der Waals surface area contributed by atoms with Gasteiger partial charge >= 0.3 is 0 Å². The summed E-state index contributed by atoms with van der Waals surface area (Å²) in [6, 6.07) is 15.5. The van der Waals surface area contributed by atoms with Crippen molar-refractivity contribution in [3.63, 3.8) is 0 Å². The molecule has 5 nitrogen and oxygen atoms in total. The van der Waals surface area contributed by atoms with E-state index in [1.165, 1.54) is 0 Å². The van der Waals surface area contributed by atoms with Crippen LogP contribution in [0.1, 0.15) is 28.4 Å². The van der Waals surface area contributed by atoms with Crippen LogP contribution in [0.5, 0.6) is 0 Å². The summed E-state index contributed by atoms with van der Waals surface area (Å²) in [5, 5.41) is 4.67. The quantitative estimate of drug-likeness (QED) is 0.631. The maximum Gasteiger partial charge on any atom is 0.271 e. The van der Waals surface area contributed by atoms with Crippen molar-refractivity contribution >= 4 is 38.6 Å².